The van der Waals surface area contributed by atoms with Gasteiger partial charge in [-0.15, -0.1) is 0 Å². The lowest BCUT2D eigenvalue weighted by Gasteiger charge is -2.45. The smallest absolute Gasteiger partial charge is 0.316 e. The molecule has 2 aliphatic carbocycles. The highest BCUT2D eigenvalue weighted by Crippen LogP contribution is 2.57. The molecule has 0 saturated carbocycles. The number of hydrogen-bond acceptors (Lipinski definition) is 12. The molecule has 1 aliphatic heterocycles. The van der Waals surface area contributed by atoms with Crippen LogP contribution in [0.4, 0.5) is 0 Å². The molecule has 0 unspecified atom stereocenters. The standard InChI is InChI=1S/C28H30O12/c1-4-28(37)9-14(40-15-8-13(30)22(31)10(2)39-15)17-18(21(28)27(36)38-3)26(35)19-20(25(17)34)24(33)16-11(23(19)32)6-5-7-12(16)29/h5-7,10,13-15,21-22,29-31,34-35,37H,4,8-9H2,1-3H3/t10-,13-,14-,15-,21-,22+,28+/m0/s1. The van der Waals surface area contributed by atoms with Crippen LogP contribution in [0.3, 0.4) is 0 Å². The van der Waals surface area contributed by atoms with Gasteiger partial charge in [0, 0.05) is 29.5 Å². The van der Waals surface area contributed by atoms with Gasteiger partial charge in [-0.1, -0.05) is 19.1 Å². The Hall–Kier alpha value is -3.55. The highest BCUT2D eigenvalue weighted by molar-refractivity contribution is 6.31. The maximum Gasteiger partial charge on any atom is 0.316 e. The van der Waals surface area contributed by atoms with Crippen molar-refractivity contribution < 1.29 is 59.2 Å². The van der Waals surface area contributed by atoms with Crippen LogP contribution in [0.1, 0.15) is 88.1 Å². The Labute approximate surface area is 228 Å². The van der Waals surface area contributed by atoms with E-state index < -0.39 is 88.1 Å². The quantitative estimate of drug-likeness (QED) is 0.198. The van der Waals surface area contributed by atoms with Crippen LogP contribution < -0.4 is 0 Å². The molecule has 3 aliphatic rings. The number of benzene rings is 2. The number of ketones is 2. The fourth-order valence-corrected chi connectivity index (χ4v) is 6.07. The summed E-state index contributed by atoms with van der Waals surface area (Å²) in [6, 6.07) is 3.82. The molecule has 40 heavy (non-hydrogen) atoms. The predicted octanol–water partition coefficient (Wildman–Crippen LogP) is 1.29. The van der Waals surface area contributed by atoms with Crippen LogP contribution in [0.2, 0.25) is 0 Å². The Balaban J connectivity index is 1.76. The molecule has 12 nitrogen and oxygen atoms in total. The van der Waals surface area contributed by atoms with Crippen LogP contribution in [0.5, 0.6) is 17.2 Å². The van der Waals surface area contributed by atoms with E-state index in [9.17, 15) is 45.0 Å². The van der Waals surface area contributed by atoms with Gasteiger partial charge in [-0.2, -0.15) is 0 Å². The molecule has 214 valence electrons. The summed E-state index contributed by atoms with van der Waals surface area (Å²) < 4.78 is 16.7. The number of esters is 1. The van der Waals surface area contributed by atoms with Crippen LogP contribution in [-0.4, -0.2) is 85.5 Å². The Bertz CT molecular complexity index is 1400. The Morgan fingerprint density at radius 2 is 1.70 bits per heavy atom. The lowest BCUT2D eigenvalue weighted by Crippen LogP contribution is -2.50. The predicted molar refractivity (Wildman–Crippen MR) is 134 cm³/mol. The molecule has 0 amide bonds. The summed E-state index contributed by atoms with van der Waals surface area (Å²) in [5.41, 5.74) is -4.26. The average Bonchev–Trinajstić information content (AvgIpc) is 2.91. The molecule has 0 spiro atoms. The van der Waals surface area contributed by atoms with Crippen molar-refractivity contribution >= 4 is 17.5 Å². The van der Waals surface area contributed by atoms with Gasteiger partial charge in [-0.05, 0) is 19.4 Å². The van der Waals surface area contributed by atoms with E-state index in [-0.39, 0.29) is 41.5 Å². The first-order chi connectivity index (χ1) is 18.9. The molecule has 5 rings (SSSR count). The van der Waals surface area contributed by atoms with Crippen molar-refractivity contribution in [2.45, 2.75) is 75.3 Å². The third kappa shape index (κ3) is 3.98. The van der Waals surface area contributed by atoms with Crippen molar-refractivity contribution in [3.8, 4) is 17.2 Å². The van der Waals surface area contributed by atoms with Gasteiger partial charge >= 0.3 is 5.97 Å². The Kier molecular flexibility index (Phi) is 6.87. The van der Waals surface area contributed by atoms with Gasteiger partial charge in [0.1, 0.15) is 29.3 Å². The number of fused-ring (bicyclic) bond motifs is 3. The largest absolute Gasteiger partial charge is 0.507 e. The molecule has 1 fully saturated rings. The number of aliphatic hydroxyl groups is 3. The van der Waals surface area contributed by atoms with Gasteiger partial charge in [-0.25, -0.2) is 0 Å². The lowest BCUT2D eigenvalue weighted by molar-refractivity contribution is -0.267. The van der Waals surface area contributed by atoms with Crippen molar-refractivity contribution in [2.24, 2.45) is 0 Å². The molecule has 12 heteroatoms. The highest BCUT2D eigenvalue weighted by atomic mass is 16.7. The van der Waals surface area contributed by atoms with E-state index in [0.717, 1.165) is 7.11 Å². The number of ether oxygens (including phenoxy) is 3. The van der Waals surface area contributed by atoms with Crippen molar-refractivity contribution in [3.63, 3.8) is 0 Å². The van der Waals surface area contributed by atoms with Crippen molar-refractivity contribution in [3.05, 3.63) is 51.6 Å². The first-order valence-electron chi connectivity index (χ1n) is 12.9. The van der Waals surface area contributed by atoms with Gasteiger partial charge in [0.25, 0.3) is 0 Å². The second-order valence-corrected chi connectivity index (χ2v) is 10.4. The number of carbonyl (C=O) groups excluding carboxylic acids is 3. The number of phenolic OH excluding ortho intramolecular Hbond substituents is 3. The zero-order valence-corrected chi connectivity index (χ0v) is 22.0. The summed E-state index contributed by atoms with van der Waals surface area (Å²) in [7, 11) is 1.08. The zero-order valence-electron chi connectivity index (χ0n) is 22.0. The number of aliphatic hydroxyl groups excluding tert-OH is 2. The zero-order chi connectivity index (χ0) is 29.3. The van der Waals surface area contributed by atoms with Gasteiger partial charge < -0.3 is 44.8 Å². The summed E-state index contributed by atoms with van der Waals surface area (Å²) in [5.74, 6) is -6.48. The van der Waals surface area contributed by atoms with E-state index in [2.05, 4.69) is 0 Å². The van der Waals surface area contributed by atoms with E-state index >= 15 is 0 Å². The SMILES string of the molecule is CC[C@@]1(O)C[C@H](O[C@H]2C[C@H](O)[C@H](O)[C@H](C)O2)c2c(O)c3c(c(O)c2[C@H]1C(=O)OC)C(=O)c1cccc(O)c1C3=O. The fraction of sp³-hybridized carbons (Fsp3) is 0.464. The molecule has 7 atom stereocenters. The molecule has 6 N–H and O–H groups in total. The molecule has 2 aromatic rings. The summed E-state index contributed by atoms with van der Waals surface area (Å²) in [6.45, 7) is 3.10. The van der Waals surface area contributed by atoms with Crippen LogP contribution in [0, 0.1) is 0 Å². The van der Waals surface area contributed by atoms with Gasteiger partial charge in [0.2, 0.25) is 5.78 Å². The highest BCUT2D eigenvalue weighted by Gasteiger charge is 2.54. The first-order valence-corrected chi connectivity index (χ1v) is 12.9. The average molecular weight is 559 g/mol. The lowest BCUT2D eigenvalue weighted by atomic mass is 9.66. The number of aromatic hydroxyl groups is 3. The minimum Gasteiger partial charge on any atom is -0.507 e. The summed E-state index contributed by atoms with van der Waals surface area (Å²) in [6.07, 6.45) is -6.26. The third-order valence-electron chi connectivity index (χ3n) is 8.22. The monoisotopic (exact) mass is 558 g/mol. The Morgan fingerprint density at radius 1 is 1.05 bits per heavy atom. The van der Waals surface area contributed by atoms with Crippen LogP contribution in [-0.2, 0) is 19.0 Å². The molecule has 2 aromatic carbocycles. The van der Waals surface area contributed by atoms with E-state index in [4.69, 9.17) is 14.2 Å². The second-order valence-electron chi connectivity index (χ2n) is 10.4. The molecule has 0 aromatic heterocycles. The Morgan fingerprint density at radius 3 is 2.33 bits per heavy atom. The minimum absolute atomic E-state index is 0.0454. The molecule has 1 saturated heterocycles. The summed E-state index contributed by atoms with van der Waals surface area (Å²) in [5, 5.41) is 65.5. The van der Waals surface area contributed by atoms with Gasteiger partial charge in [-0.3, -0.25) is 14.4 Å². The maximum atomic E-state index is 13.6. The first kappa shape index (κ1) is 28.0. The minimum atomic E-state index is -1.90. The van der Waals surface area contributed by atoms with Crippen molar-refractivity contribution in [2.75, 3.05) is 7.11 Å². The van der Waals surface area contributed by atoms with Gasteiger partial charge in [0.05, 0.1) is 47.7 Å². The van der Waals surface area contributed by atoms with Crippen LogP contribution in [0.25, 0.3) is 0 Å². The molecule has 0 radical (unpaired) electrons. The summed E-state index contributed by atoms with van der Waals surface area (Å²) in [4.78, 5) is 40.1. The van der Waals surface area contributed by atoms with Crippen LogP contribution >= 0.6 is 0 Å². The summed E-state index contributed by atoms with van der Waals surface area (Å²) >= 11 is 0. The number of carbonyl (C=O) groups is 3. The number of rotatable bonds is 4. The van der Waals surface area contributed by atoms with E-state index in [0.29, 0.717) is 0 Å². The van der Waals surface area contributed by atoms with Crippen molar-refractivity contribution in [1.29, 1.82) is 0 Å². The second kappa shape index (κ2) is 9.82. The molecular formula is C28H30O12. The third-order valence-corrected chi connectivity index (χ3v) is 8.22. The van der Waals surface area contributed by atoms with E-state index in [1.807, 2.05) is 0 Å². The van der Waals surface area contributed by atoms with Gasteiger partial charge in [0.15, 0.2) is 12.1 Å². The van der Waals surface area contributed by atoms with E-state index in [1.165, 1.54) is 25.1 Å². The number of methoxy groups -OCH3 is 1. The fourth-order valence-electron chi connectivity index (χ4n) is 6.07. The molecular weight excluding hydrogens is 528 g/mol. The molecule has 1 heterocycles. The van der Waals surface area contributed by atoms with Crippen molar-refractivity contribution in [1.82, 2.24) is 0 Å². The van der Waals surface area contributed by atoms with E-state index in [1.54, 1.807) is 6.92 Å². The maximum absolute atomic E-state index is 13.6. The topological polar surface area (TPSA) is 200 Å². The van der Waals surface area contributed by atoms with Crippen LogP contribution in [0.15, 0.2) is 18.2 Å². The number of phenols is 3. The molecule has 0 bridgehead atoms. The normalized spacial score (nSPS) is 31.2. The number of hydrogen-bond donors (Lipinski definition) is 6.